The molecule has 0 radical (unpaired) electrons. The van der Waals surface area contributed by atoms with Gasteiger partial charge in [-0.05, 0) is 62.2 Å². The molecule has 0 bridgehead atoms. The largest absolute Gasteiger partial charge is 0.342 e. The van der Waals surface area contributed by atoms with Gasteiger partial charge in [-0.25, -0.2) is 0 Å². The molecule has 0 N–H and O–H groups in total. The molecule has 2 saturated carbocycles. The summed E-state index contributed by atoms with van der Waals surface area (Å²) >= 11 is 0. The third-order valence-electron chi connectivity index (χ3n) is 5.45. The number of amides is 1. The van der Waals surface area contributed by atoms with Crippen LogP contribution >= 0.6 is 0 Å². The van der Waals surface area contributed by atoms with E-state index in [-0.39, 0.29) is 5.41 Å². The molecule has 0 heterocycles. The summed E-state index contributed by atoms with van der Waals surface area (Å²) in [5, 5.41) is 0. The van der Waals surface area contributed by atoms with Crippen LogP contribution in [0.3, 0.4) is 0 Å². The van der Waals surface area contributed by atoms with Crippen LogP contribution in [0.25, 0.3) is 0 Å². The van der Waals surface area contributed by atoms with Gasteiger partial charge in [-0.2, -0.15) is 0 Å². The third kappa shape index (κ3) is 3.90. The molecule has 2 heteroatoms. The van der Waals surface area contributed by atoms with Crippen molar-refractivity contribution < 1.29 is 4.79 Å². The summed E-state index contributed by atoms with van der Waals surface area (Å²) < 4.78 is 0. The highest BCUT2D eigenvalue weighted by atomic mass is 16.2. The summed E-state index contributed by atoms with van der Waals surface area (Å²) in [4.78, 5) is 14.9. The van der Waals surface area contributed by atoms with E-state index in [2.05, 4.69) is 37.8 Å². The number of allylic oxidation sites excluding steroid dienone is 2. The Balaban J connectivity index is 1.55. The molecule has 3 rings (SSSR count). The summed E-state index contributed by atoms with van der Waals surface area (Å²) in [6, 6.07) is 0. The SMILES string of the molecule is CC(C)(C)C(=O)N(CC1CC1)CC1CC1C1CC=CCC1. The van der Waals surface area contributed by atoms with Gasteiger partial charge in [0.1, 0.15) is 0 Å². The molecule has 0 saturated heterocycles. The van der Waals surface area contributed by atoms with Gasteiger partial charge in [-0.1, -0.05) is 32.9 Å². The van der Waals surface area contributed by atoms with Crippen LogP contribution in [0, 0.1) is 29.1 Å². The molecule has 3 aliphatic rings. The van der Waals surface area contributed by atoms with Crippen LogP contribution in [-0.4, -0.2) is 23.9 Å². The molecule has 3 aliphatic carbocycles. The maximum Gasteiger partial charge on any atom is 0.227 e. The minimum absolute atomic E-state index is 0.229. The summed E-state index contributed by atoms with van der Waals surface area (Å²) in [7, 11) is 0. The zero-order chi connectivity index (χ0) is 15.0. The van der Waals surface area contributed by atoms with E-state index in [1.807, 2.05) is 0 Å². The standard InChI is InChI=1S/C19H31NO/c1-19(2,3)18(21)20(12-14-9-10-14)13-16-11-17(16)15-7-5-4-6-8-15/h4-5,14-17H,6-13H2,1-3H3. The van der Waals surface area contributed by atoms with Crippen molar-refractivity contribution in [2.24, 2.45) is 29.1 Å². The average Bonchev–Trinajstić information content (AvgIpc) is 3.33. The van der Waals surface area contributed by atoms with Gasteiger partial charge in [-0.15, -0.1) is 0 Å². The van der Waals surface area contributed by atoms with Crippen molar-refractivity contribution in [3.63, 3.8) is 0 Å². The van der Waals surface area contributed by atoms with Crippen molar-refractivity contribution in [2.45, 2.75) is 59.3 Å². The first-order valence-corrected chi connectivity index (χ1v) is 8.89. The molecule has 0 spiro atoms. The molecule has 2 fully saturated rings. The van der Waals surface area contributed by atoms with Gasteiger partial charge in [-0.3, -0.25) is 4.79 Å². The molecule has 3 atom stereocenters. The van der Waals surface area contributed by atoms with Gasteiger partial charge >= 0.3 is 0 Å². The summed E-state index contributed by atoms with van der Waals surface area (Å²) in [5.41, 5.74) is -0.229. The highest BCUT2D eigenvalue weighted by Crippen LogP contribution is 2.49. The molecular formula is C19H31NO. The van der Waals surface area contributed by atoms with E-state index < -0.39 is 0 Å². The second-order valence-electron chi connectivity index (χ2n) is 8.61. The zero-order valence-corrected chi connectivity index (χ0v) is 14.0. The van der Waals surface area contributed by atoms with E-state index in [4.69, 9.17) is 0 Å². The van der Waals surface area contributed by atoms with Crippen molar-refractivity contribution in [2.75, 3.05) is 13.1 Å². The Kier molecular flexibility index (Phi) is 4.16. The van der Waals surface area contributed by atoms with Crippen molar-refractivity contribution in [3.05, 3.63) is 12.2 Å². The molecule has 0 aliphatic heterocycles. The lowest BCUT2D eigenvalue weighted by Crippen LogP contribution is -2.42. The fraction of sp³-hybridized carbons (Fsp3) is 0.842. The van der Waals surface area contributed by atoms with Gasteiger partial charge in [0.2, 0.25) is 5.91 Å². The second kappa shape index (κ2) is 5.78. The Hall–Kier alpha value is -0.790. The van der Waals surface area contributed by atoms with Crippen LogP contribution in [-0.2, 0) is 4.79 Å². The van der Waals surface area contributed by atoms with Crippen molar-refractivity contribution in [1.29, 1.82) is 0 Å². The highest BCUT2D eigenvalue weighted by Gasteiger charge is 2.45. The Morgan fingerprint density at radius 2 is 1.90 bits per heavy atom. The first-order valence-electron chi connectivity index (χ1n) is 8.89. The topological polar surface area (TPSA) is 20.3 Å². The molecule has 0 aromatic heterocycles. The van der Waals surface area contributed by atoms with E-state index >= 15 is 0 Å². The fourth-order valence-corrected chi connectivity index (χ4v) is 3.87. The number of carbonyl (C=O) groups is 1. The second-order valence-corrected chi connectivity index (χ2v) is 8.61. The smallest absolute Gasteiger partial charge is 0.227 e. The molecule has 0 aromatic carbocycles. The van der Waals surface area contributed by atoms with Gasteiger partial charge in [0, 0.05) is 18.5 Å². The van der Waals surface area contributed by atoms with E-state index in [1.165, 1.54) is 38.5 Å². The van der Waals surface area contributed by atoms with E-state index in [0.717, 1.165) is 36.8 Å². The zero-order valence-electron chi connectivity index (χ0n) is 14.0. The predicted octanol–water partition coefficient (Wildman–Crippen LogP) is 4.26. The fourth-order valence-electron chi connectivity index (χ4n) is 3.87. The van der Waals surface area contributed by atoms with Crippen molar-refractivity contribution in [1.82, 2.24) is 4.90 Å². The van der Waals surface area contributed by atoms with Crippen LogP contribution in [0.5, 0.6) is 0 Å². The van der Waals surface area contributed by atoms with Crippen LogP contribution in [0.1, 0.15) is 59.3 Å². The van der Waals surface area contributed by atoms with Crippen LogP contribution in [0.2, 0.25) is 0 Å². The first kappa shape index (κ1) is 15.1. The van der Waals surface area contributed by atoms with Crippen molar-refractivity contribution >= 4 is 5.91 Å². The predicted molar refractivity (Wildman–Crippen MR) is 86.8 cm³/mol. The maximum absolute atomic E-state index is 12.7. The molecule has 21 heavy (non-hydrogen) atoms. The number of carbonyl (C=O) groups excluding carboxylic acids is 1. The number of rotatable bonds is 5. The van der Waals surface area contributed by atoms with Gasteiger partial charge in [0.15, 0.2) is 0 Å². The third-order valence-corrected chi connectivity index (χ3v) is 5.45. The van der Waals surface area contributed by atoms with E-state index in [0.29, 0.717) is 5.91 Å². The maximum atomic E-state index is 12.7. The van der Waals surface area contributed by atoms with Crippen LogP contribution in [0.15, 0.2) is 12.2 Å². The highest BCUT2D eigenvalue weighted by molar-refractivity contribution is 5.81. The number of hydrogen-bond donors (Lipinski definition) is 0. The molecule has 118 valence electrons. The number of hydrogen-bond acceptors (Lipinski definition) is 1. The molecule has 0 aromatic rings. The Labute approximate surface area is 130 Å². The minimum atomic E-state index is -0.229. The van der Waals surface area contributed by atoms with E-state index in [9.17, 15) is 4.79 Å². The van der Waals surface area contributed by atoms with Crippen LogP contribution in [0.4, 0.5) is 0 Å². The molecule has 1 amide bonds. The van der Waals surface area contributed by atoms with Gasteiger partial charge < -0.3 is 4.90 Å². The lowest BCUT2D eigenvalue weighted by atomic mass is 9.89. The molecule has 3 unspecified atom stereocenters. The average molecular weight is 289 g/mol. The summed E-state index contributed by atoms with van der Waals surface area (Å²) in [6.45, 7) is 8.23. The Morgan fingerprint density at radius 3 is 2.48 bits per heavy atom. The Morgan fingerprint density at radius 1 is 1.14 bits per heavy atom. The molecule has 2 nitrogen and oxygen atoms in total. The number of nitrogens with zero attached hydrogens (tertiary/aromatic N) is 1. The first-order chi connectivity index (χ1) is 9.95. The molecular weight excluding hydrogens is 258 g/mol. The quantitative estimate of drug-likeness (QED) is 0.692. The Bertz CT molecular complexity index is 416. The summed E-state index contributed by atoms with van der Waals surface area (Å²) in [5.74, 6) is 3.73. The van der Waals surface area contributed by atoms with Gasteiger partial charge in [0.05, 0.1) is 0 Å². The normalized spacial score (nSPS) is 32.0. The van der Waals surface area contributed by atoms with E-state index in [1.54, 1.807) is 0 Å². The lowest BCUT2D eigenvalue weighted by molar-refractivity contribution is -0.140. The minimum Gasteiger partial charge on any atom is -0.342 e. The monoisotopic (exact) mass is 289 g/mol. The summed E-state index contributed by atoms with van der Waals surface area (Å²) in [6.07, 6.45) is 12.6. The van der Waals surface area contributed by atoms with Gasteiger partial charge in [0.25, 0.3) is 0 Å². The van der Waals surface area contributed by atoms with Crippen LogP contribution < -0.4 is 0 Å². The van der Waals surface area contributed by atoms with Crippen molar-refractivity contribution in [3.8, 4) is 0 Å². The lowest BCUT2D eigenvalue weighted by Gasteiger charge is -2.30.